The van der Waals surface area contributed by atoms with Gasteiger partial charge in [0.25, 0.3) is 0 Å². The molecule has 1 rings (SSSR count). The summed E-state index contributed by atoms with van der Waals surface area (Å²) in [4.78, 5) is 18.6. The van der Waals surface area contributed by atoms with Gasteiger partial charge in [0.15, 0.2) is 10.9 Å². The lowest BCUT2D eigenvalue weighted by molar-refractivity contribution is 0.102. The number of ketones is 1. The van der Waals surface area contributed by atoms with Crippen molar-refractivity contribution in [3.05, 3.63) is 11.1 Å². The minimum atomic E-state index is 0.104. The van der Waals surface area contributed by atoms with E-state index < -0.39 is 0 Å². The van der Waals surface area contributed by atoms with Crippen molar-refractivity contribution in [3.63, 3.8) is 0 Å². The second-order valence-electron chi connectivity index (χ2n) is 4.28. The topological polar surface area (TPSA) is 33.2 Å². The van der Waals surface area contributed by atoms with Crippen LogP contribution in [-0.2, 0) is 0 Å². The molecular formula is C13H22N2OS. The van der Waals surface area contributed by atoms with E-state index in [4.69, 9.17) is 0 Å². The lowest BCUT2D eigenvalue weighted by atomic mass is 10.0. The molecule has 0 spiro atoms. The average Bonchev–Trinajstić information content (AvgIpc) is 2.80. The first-order valence-electron chi connectivity index (χ1n) is 6.33. The fourth-order valence-corrected chi connectivity index (χ4v) is 2.66. The summed E-state index contributed by atoms with van der Waals surface area (Å²) in [6, 6.07) is 0. The second-order valence-corrected chi connectivity index (χ2v) is 5.29. The van der Waals surface area contributed by atoms with Crippen molar-refractivity contribution in [3.8, 4) is 0 Å². The maximum absolute atomic E-state index is 11.3. The SMILES string of the molecule is CCC(CC)CN(CC)c1ncc(C(C)=O)s1. The van der Waals surface area contributed by atoms with E-state index in [9.17, 15) is 4.79 Å². The van der Waals surface area contributed by atoms with Gasteiger partial charge in [-0.1, -0.05) is 38.0 Å². The maximum Gasteiger partial charge on any atom is 0.185 e. The van der Waals surface area contributed by atoms with Gasteiger partial charge < -0.3 is 4.90 Å². The monoisotopic (exact) mass is 254 g/mol. The maximum atomic E-state index is 11.3. The van der Waals surface area contributed by atoms with Crippen LogP contribution < -0.4 is 4.90 Å². The van der Waals surface area contributed by atoms with Gasteiger partial charge >= 0.3 is 0 Å². The normalized spacial score (nSPS) is 10.9. The highest BCUT2D eigenvalue weighted by molar-refractivity contribution is 7.17. The average molecular weight is 254 g/mol. The number of hydrogen-bond acceptors (Lipinski definition) is 4. The van der Waals surface area contributed by atoms with E-state index in [1.54, 1.807) is 13.1 Å². The van der Waals surface area contributed by atoms with E-state index in [0.29, 0.717) is 5.92 Å². The van der Waals surface area contributed by atoms with Crippen molar-refractivity contribution < 1.29 is 4.79 Å². The molecular weight excluding hydrogens is 232 g/mol. The minimum absolute atomic E-state index is 0.104. The molecule has 0 aliphatic rings. The fourth-order valence-electron chi connectivity index (χ4n) is 1.77. The zero-order chi connectivity index (χ0) is 12.8. The number of anilines is 1. The van der Waals surface area contributed by atoms with Crippen LogP contribution in [0, 0.1) is 5.92 Å². The molecule has 1 heterocycles. The number of thiazole rings is 1. The summed E-state index contributed by atoms with van der Waals surface area (Å²) >= 11 is 1.50. The van der Waals surface area contributed by atoms with E-state index in [2.05, 4.69) is 30.7 Å². The summed E-state index contributed by atoms with van der Waals surface area (Å²) < 4.78 is 0. The zero-order valence-electron chi connectivity index (χ0n) is 11.2. The van der Waals surface area contributed by atoms with Crippen LogP contribution in [0.5, 0.6) is 0 Å². The third-order valence-corrected chi connectivity index (χ3v) is 4.28. The van der Waals surface area contributed by atoms with E-state index >= 15 is 0 Å². The van der Waals surface area contributed by atoms with E-state index in [1.165, 1.54) is 24.2 Å². The molecule has 1 aromatic heterocycles. The molecule has 4 heteroatoms. The molecule has 0 aliphatic carbocycles. The second kappa shape index (κ2) is 6.74. The molecule has 17 heavy (non-hydrogen) atoms. The molecule has 0 bridgehead atoms. The number of rotatable bonds is 7. The van der Waals surface area contributed by atoms with Gasteiger partial charge in [-0.25, -0.2) is 4.98 Å². The Labute approximate surface area is 108 Å². The zero-order valence-corrected chi connectivity index (χ0v) is 12.0. The molecule has 0 N–H and O–H groups in total. The van der Waals surface area contributed by atoms with E-state index in [0.717, 1.165) is 23.1 Å². The lowest BCUT2D eigenvalue weighted by Crippen LogP contribution is -2.28. The van der Waals surface area contributed by atoms with Gasteiger partial charge in [0.05, 0.1) is 11.1 Å². The Balaban J connectivity index is 2.75. The van der Waals surface area contributed by atoms with Gasteiger partial charge in [-0.15, -0.1) is 0 Å². The minimum Gasteiger partial charge on any atom is -0.348 e. The molecule has 0 saturated carbocycles. The first-order chi connectivity index (χ1) is 8.12. The number of hydrogen-bond donors (Lipinski definition) is 0. The first kappa shape index (κ1) is 14.2. The molecule has 1 aromatic rings. The van der Waals surface area contributed by atoms with E-state index in [-0.39, 0.29) is 5.78 Å². The number of carbonyl (C=O) groups is 1. The Kier molecular flexibility index (Phi) is 5.62. The highest BCUT2D eigenvalue weighted by Crippen LogP contribution is 2.24. The highest BCUT2D eigenvalue weighted by atomic mass is 32.1. The molecule has 3 nitrogen and oxygen atoms in total. The van der Waals surface area contributed by atoms with Crippen molar-refractivity contribution >= 4 is 22.3 Å². The molecule has 0 radical (unpaired) electrons. The number of carbonyl (C=O) groups excluding carboxylic acids is 1. The van der Waals surface area contributed by atoms with Crippen molar-refractivity contribution in [2.45, 2.75) is 40.5 Å². The van der Waals surface area contributed by atoms with Crippen LogP contribution in [0.2, 0.25) is 0 Å². The molecule has 0 fully saturated rings. The largest absolute Gasteiger partial charge is 0.348 e. The van der Waals surface area contributed by atoms with Crippen molar-refractivity contribution in [1.82, 2.24) is 4.98 Å². The quantitative estimate of drug-likeness (QED) is 0.697. The Morgan fingerprint density at radius 1 is 1.41 bits per heavy atom. The molecule has 0 unspecified atom stereocenters. The third-order valence-electron chi connectivity index (χ3n) is 3.13. The van der Waals surface area contributed by atoms with E-state index in [1.807, 2.05) is 0 Å². The van der Waals surface area contributed by atoms with Crippen LogP contribution >= 0.6 is 11.3 Å². The van der Waals surface area contributed by atoms with Crippen LogP contribution in [0.15, 0.2) is 6.20 Å². The Morgan fingerprint density at radius 2 is 2.06 bits per heavy atom. The Bertz CT molecular complexity index is 358. The Morgan fingerprint density at radius 3 is 2.47 bits per heavy atom. The van der Waals surface area contributed by atoms with Gasteiger partial charge in [-0.2, -0.15) is 0 Å². The van der Waals surface area contributed by atoms with Crippen molar-refractivity contribution in [2.75, 3.05) is 18.0 Å². The Hall–Kier alpha value is -0.900. The third kappa shape index (κ3) is 3.80. The molecule has 0 aliphatic heterocycles. The van der Waals surface area contributed by atoms with Gasteiger partial charge in [0.1, 0.15) is 0 Å². The van der Waals surface area contributed by atoms with Crippen LogP contribution in [0.25, 0.3) is 0 Å². The van der Waals surface area contributed by atoms with Gasteiger partial charge in [-0.05, 0) is 12.8 Å². The summed E-state index contributed by atoms with van der Waals surface area (Å²) in [5, 5.41) is 0.976. The summed E-state index contributed by atoms with van der Waals surface area (Å²) in [5.41, 5.74) is 0. The van der Waals surface area contributed by atoms with Crippen molar-refractivity contribution in [2.24, 2.45) is 5.92 Å². The molecule has 0 saturated heterocycles. The lowest BCUT2D eigenvalue weighted by Gasteiger charge is -2.24. The van der Waals surface area contributed by atoms with Gasteiger partial charge in [0, 0.05) is 20.0 Å². The predicted molar refractivity (Wildman–Crippen MR) is 74.1 cm³/mol. The van der Waals surface area contributed by atoms with Crippen LogP contribution in [0.1, 0.15) is 50.2 Å². The van der Waals surface area contributed by atoms with Gasteiger partial charge in [0.2, 0.25) is 0 Å². The molecule has 0 aromatic carbocycles. The molecule has 96 valence electrons. The van der Waals surface area contributed by atoms with Crippen molar-refractivity contribution in [1.29, 1.82) is 0 Å². The molecule has 0 amide bonds. The summed E-state index contributed by atoms with van der Waals surface area (Å²) in [6.07, 6.45) is 4.08. The highest BCUT2D eigenvalue weighted by Gasteiger charge is 2.14. The standard InChI is InChI=1S/C13H22N2OS/c1-5-11(6-2)9-15(7-3)13-14-8-12(17-13)10(4)16/h8,11H,5-7,9H2,1-4H3. The van der Waals surface area contributed by atoms with Crippen LogP contribution in [-0.4, -0.2) is 23.9 Å². The number of aromatic nitrogens is 1. The molecule has 0 atom stereocenters. The summed E-state index contributed by atoms with van der Waals surface area (Å²) in [5.74, 6) is 0.812. The van der Waals surface area contributed by atoms with Crippen LogP contribution in [0.4, 0.5) is 5.13 Å². The summed E-state index contributed by atoms with van der Waals surface area (Å²) in [6.45, 7) is 10.2. The smallest absolute Gasteiger partial charge is 0.185 e. The predicted octanol–water partition coefficient (Wildman–Crippen LogP) is 3.61. The fraction of sp³-hybridized carbons (Fsp3) is 0.692. The van der Waals surface area contributed by atoms with Gasteiger partial charge in [-0.3, -0.25) is 4.79 Å². The first-order valence-corrected chi connectivity index (χ1v) is 7.15. The number of Topliss-reactive ketones (excluding diaryl/α,β-unsaturated/α-hetero) is 1. The summed E-state index contributed by atoms with van der Waals surface area (Å²) in [7, 11) is 0. The number of nitrogens with zero attached hydrogens (tertiary/aromatic N) is 2. The van der Waals surface area contributed by atoms with Crippen LogP contribution in [0.3, 0.4) is 0 Å².